The van der Waals surface area contributed by atoms with E-state index in [4.69, 9.17) is 4.84 Å². The summed E-state index contributed by atoms with van der Waals surface area (Å²) in [7, 11) is 1.47. The largest absolute Gasteiger partial charge is 0.416 e. The van der Waals surface area contributed by atoms with Gasteiger partial charge >= 0.3 is 6.18 Å². The molecule has 1 aliphatic rings. The van der Waals surface area contributed by atoms with Crippen LogP contribution in [0.25, 0.3) is 5.57 Å². The zero-order chi connectivity index (χ0) is 14.2. The number of rotatable bonds is 2. The van der Waals surface area contributed by atoms with Crippen LogP contribution in [0.3, 0.4) is 0 Å². The van der Waals surface area contributed by atoms with Gasteiger partial charge in [0.25, 0.3) is 0 Å². The molecule has 1 aromatic rings. The third-order valence-corrected chi connectivity index (χ3v) is 3.17. The van der Waals surface area contributed by atoms with Gasteiger partial charge in [0.05, 0.1) is 18.7 Å². The first-order valence-electron chi connectivity index (χ1n) is 5.83. The van der Waals surface area contributed by atoms with Gasteiger partial charge in [-0.05, 0) is 25.5 Å². The lowest BCUT2D eigenvalue weighted by atomic mass is 9.94. The SMILES string of the molecule is CON1NC(C)=C(c2ccccc2C(F)(F)F)C1C. The Bertz CT molecular complexity index is 511. The average molecular weight is 272 g/mol. The first-order chi connectivity index (χ1) is 8.86. The minimum Gasteiger partial charge on any atom is -0.300 e. The van der Waals surface area contributed by atoms with Crippen molar-refractivity contribution in [3.05, 3.63) is 41.1 Å². The molecule has 1 unspecified atom stereocenters. The van der Waals surface area contributed by atoms with E-state index in [-0.39, 0.29) is 11.6 Å². The highest BCUT2D eigenvalue weighted by atomic mass is 19.4. The van der Waals surface area contributed by atoms with Crippen LogP contribution in [0.4, 0.5) is 13.2 Å². The molecule has 1 heterocycles. The molecule has 0 aromatic heterocycles. The van der Waals surface area contributed by atoms with E-state index in [2.05, 4.69) is 5.43 Å². The Kier molecular flexibility index (Phi) is 3.56. The summed E-state index contributed by atoms with van der Waals surface area (Å²) in [4.78, 5) is 5.07. The maximum atomic E-state index is 13.0. The molecule has 0 radical (unpaired) electrons. The van der Waals surface area contributed by atoms with Crippen LogP contribution in [0.2, 0.25) is 0 Å². The van der Waals surface area contributed by atoms with Crippen molar-refractivity contribution in [1.82, 2.24) is 10.6 Å². The van der Waals surface area contributed by atoms with E-state index >= 15 is 0 Å². The Balaban J connectivity index is 2.52. The summed E-state index contributed by atoms with van der Waals surface area (Å²) in [6, 6.07) is 5.28. The minimum absolute atomic E-state index is 0.187. The minimum atomic E-state index is -4.37. The summed E-state index contributed by atoms with van der Waals surface area (Å²) in [6.45, 7) is 3.52. The zero-order valence-corrected chi connectivity index (χ0v) is 10.9. The molecule has 0 saturated heterocycles. The molecule has 1 aliphatic heterocycles. The van der Waals surface area contributed by atoms with Gasteiger partial charge in [0.1, 0.15) is 0 Å². The van der Waals surface area contributed by atoms with Crippen molar-refractivity contribution >= 4 is 5.57 Å². The van der Waals surface area contributed by atoms with Crippen molar-refractivity contribution in [3.8, 4) is 0 Å². The lowest BCUT2D eigenvalue weighted by Crippen LogP contribution is -2.36. The van der Waals surface area contributed by atoms with Crippen LogP contribution in [0.1, 0.15) is 25.0 Å². The van der Waals surface area contributed by atoms with E-state index in [0.29, 0.717) is 11.3 Å². The summed E-state index contributed by atoms with van der Waals surface area (Å²) in [5.74, 6) is 0. The number of halogens is 3. The molecular formula is C13H15F3N2O. The molecule has 19 heavy (non-hydrogen) atoms. The van der Waals surface area contributed by atoms with E-state index in [1.165, 1.54) is 24.4 Å². The maximum absolute atomic E-state index is 13.0. The average Bonchev–Trinajstić information content (AvgIpc) is 2.63. The smallest absolute Gasteiger partial charge is 0.300 e. The Labute approximate surface area is 109 Å². The molecule has 104 valence electrons. The fourth-order valence-corrected chi connectivity index (χ4v) is 2.35. The van der Waals surface area contributed by atoms with Gasteiger partial charge in [-0.25, -0.2) is 0 Å². The van der Waals surface area contributed by atoms with Crippen LogP contribution in [-0.2, 0) is 11.0 Å². The zero-order valence-electron chi connectivity index (χ0n) is 10.9. The summed E-state index contributed by atoms with van der Waals surface area (Å²) in [5, 5.41) is 1.43. The van der Waals surface area contributed by atoms with Crippen LogP contribution >= 0.6 is 0 Å². The van der Waals surface area contributed by atoms with Crippen molar-refractivity contribution in [2.24, 2.45) is 0 Å². The topological polar surface area (TPSA) is 24.5 Å². The Morgan fingerprint density at radius 1 is 1.26 bits per heavy atom. The third-order valence-electron chi connectivity index (χ3n) is 3.17. The van der Waals surface area contributed by atoms with E-state index in [1.807, 2.05) is 0 Å². The van der Waals surface area contributed by atoms with Crippen molar-refractivity contribution in [3.63, 3.8) is 0 Å². The number of nitrogens with zero attached hydrogens (tertiary/aromatic N) is 1. The first kappa shape index (κ1) is 13.9. The Hall–Kier alpha value is -1.53. The van der Waals surface area contributed by atoms with Crippen LogP contribution in [-0.4, -0.2) is 18.3 Å². The predicted molar refractivity (Wildman–Crippen MR) is 65.5 cm³/mol. The number of hydrogen-bond donors (Lipinski definition) is 1. The highest BCUT2D eigenvalue weighted by Crippen LogP contribution is 2.38. The van der Waals surface area contributed by atoms with Gasteiger partial charge in [0.2, 0.25) is 0 Å². The molecule has 0 bridgehead atoms. The Morgan fingerprint density at radius 3 is 2.42 bits per heavy atom. The maximum Gasteiger partial charge on any atom is 0.416 e. The van der Waals surface area contributed by atoms with E-state index in [1.54, 1.807) is 19.9 Å². The molecule has 2 rings (SSSR count). The molecule has 0 fully saturated rings. The third kappa shape index (κ3) is 2.46. The summed E-state index contributed by atoms with van der Waals surface area (Å²) in [5.41, 5.74) is 3.71. The lowest BCUT2D eigenvalue weighted by Gasteiger charge is -2.21. The lowest BCUT2D eigenvalue weighted by molar-refractivity contribution is -0.168. The quantitative estimate of drug-likeness (QED) is 0.894. The highest BCUT2D eigenvalue weighted by Gasteiger charge is 2.37. The first-order valence-corrected chi connectivity index (χ1v) is 5.83. The van der Waals surface area contributed by atoms with Crippen LogP contribution in [0.15, 0.2) is 30.0 Å². The van der Waals surface area contributed by atoms with E-state index in [9.17, 15) is 13.2 Å². The molecule has 0 spiro atoms. The van der Waals surface area contributed by atoms with Crippen molar-refractivity contribution in [2.45, 2.75) is 26.1 Å². The summed E-state index contributed by atoms with van der Waals surface area (Å²) in [6.07, 6.45) is -4.37. The van der Waals surface area contributed by atoms with E-state index in [0.717, 1.165) is 6.07 Å². The summed E-state index contributed by atoms with van der Waals surface area (Å²) < 4.78 is 39.1. The molecule has 6 heteroatoms. The Morgan fingerprint density at radius 2 is 1.89 bits per heavy atom. The van der Waals surface area contributed by atoms with Crippen LogP contribution in [0, 0.1) is 0 Å². The number of hydrogen-bond acceptors (Lipinski definition) is 3. The number of allylic oxidation sites excluding steroid dienone is 1. The molecule has 3 nitrogen and oxygen atoms in total. The van der Waals surface area contributed by atoms with Crippen LogP contribution in [0.5, 0.6) is 0 Å². The molecule has 1 atom stereocenters. The standard InChI is InChI=1S/C13H15F3N2O/c1-8-12(9(2)18(17-8)19-3)10-6-4-5-7-11(10)13(14,15)16/h4-7,9,17H,1-3H3. The number of alkyl halides is 3. The van der Waals surface area contributed by atoms with Crippen molar-refractivity contribution < 1.29 is 18.0 Å². The fourth-order valence-electron chi connectivity index (χ4n) is 2.35. The second-order valence-corrected chi connectivity index (χ2v) is 4.38. The fraction of sp³-hybridized carbons (Fsp3) is 0.385. The highest BCUT2D eigenvalue weighted by molar-refractivity contribution is 5.75. The second kappa shape index (κ2) is 4.86. The van der Waals surface area contributed by atoms with Crippen molar-refractivity contribution in [1.29, 1.82) is 0 Å². The van der Waals surface area contributed by atoms with Gasteiger partial charge in [-0.15, -0.1) is 0 Å². The molecule has 0 aliphatic carbocycles. The molecule has 1 aromatic carbocycles. The number of benzene rings is 1. The van der Waals surface area contributed by atoms with Gasteiger partial charge in [0, 0.05) is 11.3 Å². The van der Waals surface area contributed by atoms with Crippen molar-refractivity contribution in [2.75, 3.05) is 7.11 Å². The van der Waals surface area contributed by atoms with Gasteiger partial charge in [-0.1, -0.05) is 23.4 Å². The number of hydrazine groups is 1. The van der Waals surface area contributed by atoms with Crippen LogP contribution < -0.4 is 5.43 Å². The van der Waals surface area contributed by atoms with Gasteiger partial charge < -0.3 is 0 Å². The normalized spacial score (nSPS) is 20.8. The number of nitrogens with one attached hydrogen (secondary N) is 1. The van der Waals surface area contributed by atoms with Gasteiger partial charge in [0.15, 0.2) is 0 Å². The van der Waals surface area contributed by atoms with Gasteiger partial charge in [-0.3, -0.25) is 10.3 Å². The predicted octanol–water partition coefficient (Wildman–Crippen LogP) is 3.21. The molecule has 0 saturated carbocycles. The molecular weight excluding hydrogens is 257 g/mol. The molecule has 0 amide bonds. The summed E-state index contributed by atoms with van der Waals surface area (Å²) >= 11 is 0. The van der Waals surface area contributed by atoms with Gasteiger partial charge in [-0.2, -0.15) is 13.2 Å². The molecule has 1 N–H and O–H groups in total. The van der Waals surface area contributed by atoms with E-state index < -0.39 is 11.7 Å². The monoisotopic (exact) mass is 272 g/mol. The number of hydroxylamine groups is 1. The second-order valence-electron chi connectivity index (χ2n) is 4.38.